The van der Waals surface area contributed by atoms with Crippen LogP contribution in [0.25, 0.3) is 0 Å². The van der Waals surface area contributed by atoms with Crippen molar-refractivity contribution in [3.8, 4) is 0 Å². The molecule has 0 spiro atoms. The predicted octanol–water partition coefficient (Wildman–Crippen LogP) is 1.48. The Balaban J connectivity index is 2.85. The lowest BCUT2D eigenvalue weighted by Gasteiger charge is -2.15. The van der Waals surface area contributed by atoms with E-state index in [0.29, 0.717) is 5.56 Å². The van der Waals surface area contributed by atoms with Crippen LogP contribution in [0.5, 0.6) is 0 Å². The highest BCUT2D eigenvalue weighted by atomic mass is 16.6. The van der Waals surface area contributed by atoms with Gasteiger partial charge in [0, 0.05) is 24.6 Å². The highest BCUT2D eigenvalue weighted by molar-refractivity contribution is 5.94. The molecular weight excluding hydrogens is 304 g/mol. The summed E-state index contributed by atoms with van der Waals surface area (Å²) in [7, 11) is 0. The molecule has 7 nitrogen and oxygen atoms in total. The van der Waals surface area contributed by atoms with Crippen LogP contribution in [-0.2, 0) is 33.4 Å². The fourth-order valence-corrected chi connectivity index (χ4v) is 1.56. The monoisotopic (exact) mass is 320 g/mol. The van der Waals surface area contributed by atoms with E-state index in [-0.39, 0.29) is 6.61 Å². The normalized spacial score (nSPS) is 11.6. The van der Waals surface area contributed by atoms with Gasteiger partial charge in [0.15, 0.2) is 0 Å². The number of benzene rings is 1. The average molecular weight is 320 g/mol. The molecule has 0 saturated heterocycles. The van der Waals surface area contributed by atoms with Gasteiger partial charge in [0.25, 0.3) is 0 Å². The van der Waals surface area contributed by atoms with Crippen LogP contribution in [0.2, 0.25) is 0 Å². The number of hydrogen-bond acceptors (Lipinski definition) is 7. The van der Waals surface area contributed by atoms with E-state index < -0.39 is 30.0 Å². The minimum Gasteiger partial charge on any atom is -0.463 e. The van der Waals surface area contributed by atoms with E-state index in [1.54, 1.807) is 25.1 Å². The highest BCUT2D eigenvalue weighted by Crippen LogP contribution is 2.19. The van der Waals surface area contributed by atoms with Crippen molar-refractivity contribution in [2.75, 3.05) is 6.61 Å². The van der Waals surface area contributed by atoms with Gasteiger partial charge < -0.3 is 14.2 Å². The Morgan fingerprint density at radius 3 is 2.22 bits per heavy atom. The van der Waals surface area contributed by atoms with Crippen molar-refractivity contribution >= 4 is 23.9 Å². The molecule has 1 rings (SSSR count). The molecule has 0 saturated carbocycles. The molecule has 0 aliphatic carbocycles. The van der Waals surface area contributed by atoms with Crippen molar-refractivity contribution in [3.05, 3.63) is 48.0 Å². The molecule has 0 aliphatic rings. The molecule has 7 heteroatoms. The summed E-state index contributed by atoms with van der Waals surface area (Å²) in [5, 5.41) is 0. The van der Waals surface area contributed by atoms with Gasteiger partial charge in [-0.2, -0.15) is 0 Å². The molecule has 1 atom stereocenters. The van der Waals surface area contributed by atoms with Crippen molar-refractivity contribution in [1.82, 2.24) is 0 Å². The van der Waals surface area contributed by atoms with Gasteiger partial charge in [0.2, 0.25) is 6.10 Å². The van der Waals surface area contributed by atoms with Crippen molar-refractivity contribution < 1.29 is 33.4 Å². The first kappa shape index (κ1) is 18.1. The summed E-state index contributed by atoms with van der Waals surface area (Å²) in [5.74, 6) is -3.52. The molecule has 0 amide bonds. The van der Waals surface area contributed by atoms with Gasteiger partial charge in [-0.1, -0.05) is 30.3 Å². The summed E-state index contributed by atoms with van der Waals surface area (Å²) in [5.41, 5.74) is 0.330. The Morgan fingerprint density at radius 2 is 1.65 bits per heavy atom. The van der Waals surface area contributed by atoms with Crippen LogP contribution in [0.3, 0.4) is 0 Å². The third kappa shape index (κ3) is 6.56. The summed E-state index contributed by atoms with van der Waals surface area (Å²) in [4.78, 5) is 45.6. The number of ether oxygens (including phenoxy) is 3. The van der Waals surface area contributed by atoms with Gasteiger partial charge in [-0.3, -0.25) is 4.79 Å². The van der Waals surface area contributed by atoms with Gasteiger partial charge in [-0.15, -0.1) is 0 Å². The summed E-state index contributed by atoms with van der Waals surface area (Å²) in [6.07, 6.45) is 0.290. The number of esters is 4. The van der Waals surface area contributed by atoms with Crippen molar-refractivity contribution in [1.29, 1.82) is 0 Å². The van der Waals surface area contributed by atoms with Crippen LogP contribution in [-0.4, -0.2) is 30.5 Å². The van der Waals surface area contributed by atoms with Crippen LogP contribution in [0.15, 0.2) is 42.5 Å². The minimum atomic E-state index is -1.42. The number of carbonyl (C=O) groups excluding carboxylic acids is 4. The molecule has 23 heavy (non-hydrogen) atoms. The Hall–Kier alpha value is -2.96. The fraction of sp³-hybridized carbons (Fsp3) is 0.250. The molecule has 1 unspecified atom stereocenters. The van der Waals surface area contributed by atoms with E-state index in [4.69, 9.17) is 4.74 Å². The molecule has 0 N–H and O–H groups in total. The van der Waals surface area contributed by atoms with Crippen molar-refractivity contribution in [2.24, 2.45) is 0 Å². The first-order chi connectivity index (χ1) is 10.9. The maximum absolute atomic E-state index is 11.9. The molecule has 0 heterocycles. The standard InChI is InChI=1S/C16H16O7/c1-3-21-13(18)9-10-14(19)23-15(16(20)22-11(2)17)12-7-5-4-6-8-12/h4-10,15H,3H2,1-2H3/b10-9-. The van der Waals surface area contributed by atoms with Crippen LogP contribution in [0.1, 0.15) is 25.5 Å². The number of hydrogen-bond donors (Lipinski definition) is 0. The molecular formula is C16H16O7. The lowest BCUT2D eigenvalue weighted by molar-refractivity contribution is -0.171. The minimum absolute atomic E-state index is 0.162. The quantitative estimate of drug-likeness (QED) is 0.339. The molecule has 0 aliphatic heterocycles. The second-order valence-corrected chi connectivity index (χ2v) is 4.23. The van der Waals surface area contributed by atoms with Gasteiger partial charge >= 0.3 is 23.9 Å². The zero-order valence-electron chi connectivity index (χ0n) is 12.7. The van der Waals surface area contributed by atoms with Crippen LogP contribution < -0.4 is 0 Å². The Morgan fingerprint density at radius 1 is 1.04 bits per heavy atom. The van der Waals surface area contributed by atoms with E-state index in [9.17, 15) is 19.2 Å². The molecule has 1 aromatic carbocycles. The van der Waals surface area contributed by atoms with Crippen molar-refractivity contribution in [3.63, 3.8) is 0 Å². The van der Waals surface area contributed by atoms with Crippen molar-refractivity contribution in [2.45, 2.75) is 20.0 Å². The second-order valence-electron chi connectivity index (χ2n) is 4.23. The smallest absolute Gasteiger partial charge is 0.359 e. The van der Waals surface area contributed by atoms with Gasteiger partial charge in [0.05, 0.1) is 6.61 Å². The zero-order chi connectivity index (χ0) is 17.2. The molecule has 122 valence electrons. The van der Waals surface area contributed by atoms with E-state index in [2.05, 4.69) is 9.47 Å². The summed E-state index contributed by atoms with van der Waals surface area (Å²) in [6, 6.07) is 8.04. The Kier molecular flexibility index (Phi) is 7.19. The molecule has 1 aromatic rings. The zero-order valence-corrected chi connectivity index (χ0v) is 12.7. The lowest BCUT2D eigenvalue weighted by atomic mass is 10.1. The first-order valence-corrected chi connectivity index (χ1v) is 6.76. The van der Waals surface area contributed by atoms with Crippen LogP contribution >= 0.6 is 0 Å². The van der Waals surface area contributed by atoms with Gasteiger partial charge in [-0.25, -0.2) is 14.4 Å². The Labute approximate surface area is 132 Å². The lowest BCUT2D eigenvalue weighted by Crippen LogP contribution is -2.23. The van der Waals surface area contributed by atoms with Gasteiger partial charge in [0.1, 0.15) is 0 Å². The molecule has 0 bridgehead atoms. The largest absolute Gasteiger partial charge is 0.463 e. The summed E-state index contributed by atoms with van der Waals surface area (Å²) >= 11 is 0. The topological polar surface area (TPSA) is 96.0 Å². The van der Waals surface area contributed by atoms with E-state index >= 15 is 0 Å². The van der Waals surface area contributed by atoms with Crippen LogP contribution in [0.4, 0.5) is 0 Å². The van der Waals surface area contributed by atoms with E-state index in [0.717, 1.165) is 19.1 Å². The SMILES string of the molecule is CCOC(=O)/C=C\C(=O)OC(C(=O)OC(C)=O)c1ccccc1. The average Bonchev–Trinajstić information content (AvgIpc) is 2.51. The molecule has 0 fully saturated rings. The first-order valence-electron chi connectivity index (χ1n) is 6.76. The number of carbonyl (C=O) groups is 4. The fourth-order valence-electron chi connectivity index (χ4n) is 1.56. The van der Waals surface area contributed by atoms with E-state index in [1.807, 2.05) is 0 Å². The maximum atomic E-state index is 11.9. The Bertz CT molecular complexity index is 604. The second kappa shape index (κ2) is 9.14. The summed E-state index contributed by atoms with van der Waals surface area (Å²) < 4.78 is 14.0. The third-order valence-electron chi connectivity index (χ3n) is 2.44. The van der Waals surface area contributed by atoms with Crippen LogP contribution in [0, 0.1) is 0 Å². The summed E-state index contributed by atoms with van der Waals surface area (Å²) in [6.45, 7) is 2.84. The third-order valence-corrected chi connectivity index (χ3v) is 2.44. The van der Waals surface area contributed by atoms with E-state index in [1.165, 1.54) is 12.1 Å². The molecule has 0 radical (unpaired) electrons. The molecule has 0 aromatic heterocycles. The van der Waals surface area contributed by atoms with Gasteiger partial charge in [-0.05, 0) is 6.92 Å². The predicted molar refractivity (Wildman–Crippen MR) is 77.8 cm³/mol. The highest BCUT2D eigenvalue weighted by Gasteiger charge is 2.27. The number of rotatable bonds is 6. The maximum Gasteiger partial charge on any atom is 0.359 e.